The molecule has 0 heterocycles. The first-order valence-corrected chi connectivity index (χ1v) is 7.90. The summed E-state index contributed by atoms with van der Waals surface area (Å²) in [7, 11) is 0. The second-order valence-electron chi connectivity index (χ2n) is 6.00. The number of carbonyl (C=O) groups excluding carboxylic acids is 2. The number of hydrogen-bond acceptors (Lipinski definition) is 3. The topological polar surface area (TPSA) is 46.2 Å². The number of halogens is 6. The normalized spacial score (nSPS) is 14.3. The average molecular weight is 399 g/mol. The average Bonchev–Trinajstić information content (AvgIpc) is 2.85. The van der Waals surface area contributed by atoms with E-state index in [1.165, 1.54) is 12.1 Å². The van der Waals surface area contributed by atoms with Crippen molar-refractivity contribution in [2.45, 2.75) is 12.4 Å². The van der Waals surface area contributed by atoms with Gasteiger partial charge in [-0.15, -0.1) is 0 Å². The summed E-state index contributed by atoms with van der Waals surface area (Å²) >= 11 is 0. The molecule has 0 unspecified atom stereocenters. The SMILES string of the molecule is O=C1C(=CCNc2cc(C(F)(F)F)cc(C(F)(F)F)c2)C(=O)c2ccccc21. The van der Waals surface area contributed by atoms with E-state index in [9.17, 15) is 35.9 Å². The highest BCUT2D eigenvalue weighted by molar-refractivity contribution is 6.39. The molecule has 1 aliphatic carbocycles. The number of rotatable bonds is 3. The smallest absolute Gasteiger partial charge is 0.382 e. The van der Waals surface area contributed by atoms with Crippen molar-refractivity contribution in [3.05, 3.63) is 76.4 Å². The van der Waals surface area contributed by atoms with Gasteiger partial charge in [0.05, 0.1) is 16.7 Å². The van der Waals surface area contributed by atoms with E-state index in [1.54, 1.807) is 12.1 Å². The summed E-state index contributed by atoms with van der Waals surface area (Å²) in [4.78, 5) is 24.4. The van der Waals surface area contributed by atoms with Gasteiger partial charge in [-0.2, -0.15) is 26.3 Å². The lowest BCUT2D eigenvalue weighted by Gasteiger charge is -2.14. The molecular weight excluding hydrogens is 388 g/mol. The molecule has 0 bridgehead atoms. The van der Waals surface area contributed by atoms with Crippen LogP contribution in [0, 0.1) is 0 Å². The fourth-order valence-electron chi connectivity index (χ4n) is 2.79. The molecule has 0 amide bonds. The standard InChI is InChI=1S/C19H11F6NO2/c20-18(21,22)10-7-11(19(23,24)25)9-12(8-10)26-6-5-15-16(27)13-3-1-2-4-14(13)17(15)28/h1-5,7-9,26H,6H2. The van der Waals surface area contributed by atoms with Crippen LogP contribution in [-0.4, -0.2) is 18.1 Å². The van der Waals surface area contributed by atoms with Crippen molar-refractivity contribution in [1.29, 1.82) is 0 Å². The minimum absolute atomic E-state index is 0.0182. The zero-order valence-corrected chi connectivity index (χ0v) is 13.9. The lowest BCUT2D eigenvalue weighted by Crippen LogP contribution is -2.13. The molecule has 0 aliphatic heterocycles. The number of alkyl halides is 6. The second kappa shape index (κ2) is 6.81. The third-order valence-corrected chi connectivity index (χ3v) is 4.11. The first kappa shape index (κ1) is 19.7. The molecule has 28 heavy (non-hydrogen) atoms. The summed E-state index contributed by atoms with van der Waals surface area (Å²) < 4.78 is 77.2. The van der Waals surface area contributed by atoms with Gasteiger partial charge in [0.15, 0.2) is 11.6 Å². The fraction of sp³-hybridized carbons (Fsp3) is 0.158. The van der Waals surface area contributed by atoms with Gasteiger partial charge < -0.3 is 5.32 Å². The van der Waals surface area contributed by atoms with Gasteiger partial charge in [0.1, 0.15) is 0 Å². The minimum atomic E-state index is -4.96. The highest BCUT2D eigenvalue weighted by Crippen LogP contribution is 2.37. The van der Waals surface area contributed by atoms with Gasteiger partial charge in [-0.1, -0.05) is 30.3 Å². The fourth-order valence-corrected chi connectivity index (χ4v) is 2.79. The Balaban J connectivity index is 1.85. The molecular formula is C19H11F6NO2. The van der Waals surface area contributed by atoms with E-state index in [4.69, 9.17) is 0 Å². The third-order valence-electron chi connectivity index (χ3n) is 4.11. The molecule has 0 saturated carbocycles. The molecule has 2 aromatic carbocycles. The van der Waals surface area contributed by atoms with Gasteiger partial charge in [0.2, 0.25) is 0 Å². The molecule has 0 saturated heterocycles. The van der Waals surface area contributed by atoms with E-state index in [2.05, 4.69) is 5.32 Å². The van der Waals surface area contributed by atoms with Crippen LogP contribution >= 0.6 is 0 Å². The van der Waals surface area contributed by atoms with E-state index in [1.807, 2.05) is 0 Å². The molecule has 1 N–H and O–H groups in total. The van der Waals surface area contributed by atoms with Crippen molar-refractivity contribution in [1.82, 2.24) is 0 Å². The quantitative estimate of drug-likeness (QED) is 0.442. The van der Waals surface area contributed by atoms with E-state index in [0.29, 0.717) is 12.1 Å². The minimum Gasteiger partial charge on any atom is -0.382 e. The van der Waals surface area contributed by atoms with Gasteiger partial charge in [-0.3, -0.25) is 9.59 Å². The number of Topliss-reactive ketones (excluding diaryl/α,β-unsaturated/α-hetero) is 2. The molecule has 2 aromatic rings. The Kier molecular flexibility index (Phi) is 4.78. The summed E-state index contributed by atoms with van der Waals surface area (Å²) in [5.74, 6) is -1.08. The zero-order chi connectivity index (χ0) is 20.7. The van der Waals surface area contributed by atoms with E-state index in [0.717, 1.165) is 6.08 Å². The molecule has 0 radical (unpaired) electrons. The van der Waals surface area contributed by atoms with Crippen LogP contribution in [-0.2, 0) is 12.4 Å². The van der Waals surface area contributed by atoms with Crippen molar-refractivity contribution in [2.75, 3.05) is 11.9 Å². The molecule has 3 nitrogen and oxygen atoms in total. The van der Waals surface area contributed by atoms with E-state index in [-0.39, 0.29) is 29.3 Å². The molecule has 1 aliphatic rings. The van der Waals surface area contributed by atoms with Gasteiger partial charge in [0, 0.05) is 23.4 Å². The van der Waals surface area contributed by atoms with Crippen LogP contribution in [0.25, 0.3) is 0 Å². The summed E-state index contributed by atoms with van der Waals surface area (Å²) in [5, 5.41) is 2.38. The van der Waals surface area contributed by atoms with Gasteiger partial charge in [-0.05, 0) is 18.2 Å². The maximum atomic E-state index is 12.9. The number of fused-ring (bicyclic) bond motifs is 1. The van der Waals surface area contributed by atoms with E-state index >= 15 is 0 Å². The van der Waals surface area contributed by atoms with Crippen LogP contribution in [0.5, 0.6) is 0 Å². The maximum absolute atomic E-state index is 12.9. The molecule has 0 atom stereocenters. The van der Waals surface area contributed by atoms with Crippen LogP contribution in [0.15, 0.2) is 54.1 Å². The number of ketones is 2. The van der Waals surface area contributed by atoms with Crippen molar-refractivity contribution in [3.63, 3.8) is 0 Å². The van der Waals surface area contributed by atoms with Crippen molar-refractivity contribution < 1.29 is 35.9 Å². The zero-order valence-electron chi connectivity index (χ0n) is 13.9. The largest absolute Gasteiger partial charge is 0.416 e. The lowest BCUT2D eigenvalue weighted by atomic mass is 10.1. The number of nitrogens with one attached hydrogen (secondary N) is 1. The number of hydrogen-bond donors (Lipinski definition) is 1. The molecule has 3 rings (SSSR count). The second-order valence-corrected chi connectivity index (χ2v) is 6.00. The molecule has 9 heteroatoms. The predicted molar refractivity (Wildman–Crippen MR) is 88.1 cm³/mol. The Morgan fingerprint density at radius 1 is 0.786 bits per heavy atom. The highest BCUT2D eigenvalue weighted by Gasteiger charge is 2.37. The molecule has 0 aromatic heterocycles. The molecule has 0 spiro atoms. The Bertz CT molecular complexity index is 919. The van der Waals surface area contributed by atoms with Gasteiger partial charge >= 0.3 is 12.4 Å². The Morgan fingerprint density at radius 3 is 1.68 bits per heavy atom. The lowest BCUT2D eigenvalue weighted by molar-refractivity contribution is -0.143. The van der Waals surface area contributed by atoms with Crippen molar-refractivity contribution >= 4 is 17.3 Å². The van der Waals surface area contributed by atoms with E-state index < -0.39 is 40.7 Å². The predicted octanol–water partition coefficient (Wildman–Crippen LogP) is 5.14. The number of allylic oxidation sites excluding steroid dienone is 1. The van der Waals surface area contributed by atoms with Crippen LogP contribution < -0.4 is 5.32 Å². The Morgan fingerprint density at radius 2 is 1.25 bits per heavy atom. The summed E-state index contributed by atoms with van der Waals surface area (Å²) in [6, 6.07) is 7.16. The first-order chi connectivity index (χ1) is 13.0. The monoisotopic (exact) mass is 399 g/mol. The van der Waals surface area contributed by atoms with Crippen molar-refractivity contribution in [2.24, 2.45) is 0 Å². The Labute approximate surface area is 154 Å². The summed E-state index contributed by atoms with van der Waals surface area (Å²) in [6.45, 7) is -0.306. The van der Waals surface area contributed by atoms with Crippen LogP contribution in [0.3, 0.4) is 0 Å². The van der Waals surface area contributed by atoms with Crippen molar-refractivity contribution in [3.8, 4) is 0 Å². The maximum Gasteiger partial charge on any atom is 0.416 e. The summed E-state index contributed by atoms with van der Waals surface area (Å²) in [6.07, 6.45) is -8.78. The molecule has 146 valence electrons. The molecule has 0 fully saturated rings. The number of carbonyl (C=O) groups is 2. The van der Waals surface area contributed by atoms with Crippen LogP contribution in [0.1, 0.15) is 31.8 Å². The number of anilines is 1. The summed E-state index contributed by atoms with van der Waals surface area (Å²) in [5.41, 5.74) is -3.13. The highest BCUT2D eigenvalue weighted by atomic mass is 19.4. The van der Waals surface area contributed by atoms with Gasteiger partial charge in [-0.25, -0.2) is 0 Å². The van der Waals surface area contributed by atoms with Crippen LogP contribution in [0.2, 0.25) is 0 Å². The number of benzene rings is 2. The van der Waals surface area contributed by atoms with Gasteiger partial charge in [0.25, 0.3) is 0 Å². The Hall–Kier alpha value is -3.10. The first-order valence-electron chi connectivity index (χ1n) is 7.90. The third kappa shape index (κ3) is 3.78. The van der Waals surface area contributed by atoms with Crippen LogP contribution in [0.4, 0.5) is 32.0 Å².